The Morgan fingerprint density at radius 3 is 2.71 bits per heavy atom. The normalized spacial score (nSPS) is 10.6. The van der Waals surface area contributed by atoms with Crippen molar-refractivity contribution in [2.75, 3.05) is 5.73 Å². The molecule has 2 aromatic rings. The summed E-state index contributed by atoms with van der Waals surface area (Å²) in [5.41, 5.74) is 12.2. The summed E-state index contributed by atoms with van der Waals surface area (Å²) >= 11 is 0. The first kappa shape index (κ1) is 11.1. The highest BCUT2D eigenvalue weighted by molar-refractivity contribution is 6.05. The second-order valence-electron chi connectivity index (χ2n) is 3.85. The van der Waals surface area contributed by atoms with E-state index in [0.717, 1.165) is 0 Å². The summed E-state index contributed by atoms with van der Waals surface area (Å²) in [7, 11) is 0. The molecule has 0 aliphatic heterocycles. The van der Waals surface area contributed by atoms with Crippen LogP contribution in [0.4, 0.5) is 5.69 Å². The Bertz CT molecular complexity index is 615. The van der Waals surface area contributed by atoms with Gasteiger partial charge in [-0.3, -0.25) is 14.3 Å². The van der Waals surface area contributed by atoms with Crippen LogP contribution in [-0.2, 0) is 11.3 Å². The van der Waals surface area contributed by atoms with E-state index < -0.39 is 5.91 Å². The van der Waals surface area contributed by atoms with Gasteiger partial charge in [-0.15, -0.1) is 0 Å². The molecule has 0 atom stereocenters. The Hall–Kier alpha value is -2.37. The van der Waals surface area contributed by atoms with E-state index in [1.807, 2.05) is 0 Å². The van der Waals surface area contributed by atoms with Crippen LogP contribution in [0.2, 0.25) is 0 Å². The molecule has 0 fully saturated rings. The molecule has 0 unspecified atom stereocenters. The van der Waals surface area contributed by atoms with E-state index in [2.05, 4.69) is 5.10 Å². The van der Waals surface area contributed by atoms with Gasteiger partial charge in [0.15, 0.2) is 11.5 Å². The molecule has 0 radical (unpaired) electrons. The zero-order valence-corrected chi connectivity index (χ0v) is 9.30. The molecular weight excluding hydrogens is 220 g/mol. The molecule has 0 aliphatic rings. The fourth-order valence-corrected chi connectivity index (χ4v) is 1.71. The molecule has 0 spiro atoms. The van der Waals surface area contributed by atoms with Crippen LogP contribution < -0.4 is 11.5 Å². The standard InChI is InChI=1S/C11H12N4O2/c1-6(16)5-15-9-3-2-7(12)4-8(9)10(14-15)11(13)17/h2-4H,5,12H2,1H3,(H2,13,17). The lowest BCUT2D eigenvalue weighted by Gasteiger charge is -1.99. The number of nitrogens with two attached hydrogens (primary N) is 2. The number of anilines is 1. The van der Waals surface area contributed by atoms with Crippen LogP contribution in [0.25, 0.3) is 10.9 Å². The van der Waals surface area contributed by atoms with Gasteiger partial charge >= 0.3 is 0 Å². The maximum Gasteiger partial charge on any atom is 0.269 e. The number of ketones is 1. The molecule has 1 aromatic heterocycles. The zero-order chi connectivity index (χ0) is 12.6. The van der Waals surface area contributed by atoms with E-state index in [-0.39, 0.29) is 18.0 Å². The smallest absolute Gasteiger partial charge is 0.269 e. The van der Waals surface area contributed by atoms with Crippen molar-refractivity contribution in [3.05, 3.63) is 23.9 Å². The van der Waals surface area contributed by atoms with Crippen molar-refractivity contribution in [1.82, 2.24) is 9.78 Å². The van der Waals surface area contributed by atoms with Crippen molar-refractivity contribution in [2.45, 2.75) is 13.5 Å². The SMILES string of the molecule is CC(=O)Cn1nc(C(N)=O)c2cc(N)ccc21. The lowest BCUT2D eigenvalue weighted by molar-refractivity contribution is -0.117. The molecule has 17 heavy (non-hydrogen) atoms. The third-order valence-corrected chi connectivity index (χ3v) is 2.38. The molecule has 1 amide bonds. The highest BCUT2D eigenvalue weighted by Gasteiger charge is 2.15. The largest absolute Gasteiger partial charge is 0.399 e. The number of nitrogens with zero attached hydrogens (tertiary/aromatic N) is 2. The third kappa shape index (κ3) is 1.96. The quantitative estimate of drug-likeness (QED) is 0.743. The summed E-state index contributed by atoms with van der Waals surface area (Å²) in [6, 6.07) is 5.03. The predicted octanol–water partition coefficient (Wildman–Crippen LogP) is 0.306. The second kappa shape index (κ2) is 3.89. The molecule has 2 rings (SSSR count). The second-order valence-corrected chi connectivity index (χ2v) is 3.85. The maximum atomic E-state index is 11.2. The Balaban J connectivity index is 2.70. The number of amides is 1. The number of Topliss-reactive ketones (excluding diaryl/α,β-unsaturated/α-hetero) is 1. The van der Waals surface area contributed by atoms with Gasteiger partial charge in [-0.25, -0.2) is 0 Å². The van der Waals surface area contributed by atoms with Crippen molar-refractivity contribution in [1.29, 1.82) is 0 Å². The van der Waals surface area contributed by atoms with Crippen LogP contribution in [0.1, 0.15) is 17.4 Å². The minimum atomic E-state index is -0.636. The average molecular weight is 232 g/mol. The summed E-state index contributed by atoms with van der Waals surface area (Å²) in [5, 5.41) is 4.60. The van der Waals surface area contributed by atoms with E-state index in [4.69, 9.17) is 11.5 Å². The average Bonchev–Trinajstić information content (AvgIpc) is 2.55. The van der Waals surface area contributed by atoms with Crippen LogP contribution in [0.15, 0.2) is 18.2 Å². The highest BCUT2D eigenvalue weighted by Crippen LogP contribution is 2.21. The molecule has 88 valence electrons. The van der Waals surface area contributed by atoms with Crippen molar-refractivity contribution < 1.29 is 9.59 Å². The maximum absolute atomic E-state index is 11.2. The number of carbonyl (C=O) groups excluding carboxylic acids is 2. The van der Waals surface area contributed by atoms with Gasteiger partial charge in [0, 0.05) is 11.1 Å². The first-order chi connectivity index (χ1) is 7.99. The van der Waals surface area contributed by atoms with Crippen LogP contribution in [0.5, 0.6) is 0 Å². The van der Waals surface area contributed by atoms with E-state index in [1.165, 1.54) is 11.6 Å². The van der Waals surface area contributed by atoms with Gasteiger partial charge in [-0.1, -0.05) is 0 Å². The Morgan fingerprint density at radius 1 is 1.41 bits per heavy atom. The Labute approximate surface area is 97.2 Å². The first-order valence-corrected chi connectivity index (χ1v) is 5.04. The third-order valence-electron chi connectivity index (χ3n) is 2.38. The number of hydrogen-bond acceptors (Lipinski definition) is 4. The fraction of sp³-hybridized carbons (Fsp3) is 0.182. The molecule has 0 saturated carbocycles. The van der Waals surface area contributed by atoms with E-state index in [1.54, 1.807) is 18.2 Å². The molecule has 1 heterocycles. The number of primary amides is 1. The van der Waals surface area contributed by atoms with Gasteiger partial charge in [0.25, 0.3) is 5.91 Å². The van der Waals surface area contributed by atoms with Gasteiger partial charge < -0.3 is 11.5 Å². The molecule has 0 aliphatic carbocycles. The predicted molar refractivity (Wildman–Crippen MR) is 63.3 cm³/mol. The molecule has 6 heteroatoms. The summed E-state index contributed by atoms with van der Waals surface area (Å²) < 4.78 is 1.46. The fourth-order valence-electron chi connectivity index (χ4n) is 1.71. The Kier molecular flexibility index (Phi) is 2.55. The number of fused-ring (bicyclic) bond motifs is 1. The summed E-state index contributed by atoms with van der Waals surface area (Å²) in [6.07, 6.45) is 0. The first-order valence-electron chi connectivity index (χ1n) is 5.04. The van der Waals surface area contributed by atoms with Gasteiger partial charge in [0.1, 0.15) is 0 Å². The van der Waals surface area contributed by atoms with E-state index in [0.29, 0.717) is 16.6 Å². The number of carbonyl (C=O) groups is 2. The van der Waals surface area contributed by atoms with E-state index in [9.17, 15) is 9.59 Å². The van der Waals surface area contributed by atoms with E-state index >= 15 is 0 Å². The van der Waals surface area contributed by atoms with Crippen molar-refractivity contribution in [3.63, 3.8) is 0 Å². The summed E-state index contributed by atoms with van der Waals surface area (Å²) in [6.45, 7) is 1.56. The van der Waals surface area contributed by atoms with Crippen molar-refractivity contribution >= 4 is 28.3 Å². The number of benzene rings is 1. The van der Waals surface area contributed by atoms with Crippen molar-refractivity contribution in [2.24, 2.45) is 5.73 Å². The van der Waals surface area contributed by atoms with Gasteiger partial charge in [-0.2, -0.15) is 5.10 Å². The monoisotopic (exact) mass is 232 g/mol. The topological polar surface area (TPSA) is 104 Å². The molecule has 0 bridgehead atoms. The summed E-state index contributed by atoms with van der Waals surface area (Å²) in [4.78, 5) is 22.3. The Morgan fingerprint density at radius 2 is 2.12 bits per heavy atom. The molecule has 1 aromatic carbocycles. The minimum Gasteiger partial charge on any atom is -0.399 e. The minimum absolute atomic E-state index is 0.0535. The molecule has 4 N–H and O–H groups in total. The molecular formula is C11H12N4O2. The lowest BCUT2D eigenvalue weighted by atomic mass is 10.2. The van der Waals surface area contributed by atoms with Gasteiger partial charge in [0.05, 0.1) is 12.1 Å². The summed E-state index contributed by atoms with van der Waals surface area (Å²) in [5.74, 6) is -0.690. The molecule has 6 nitrogen and oxygen atoms in total. The number of rotatable bonds is 3. The zero-order valence-electron chi connectivity index (χ0n) is 9.30. The molecule has 0 saturated heterocycles. The van der Waals surface area contributed by atoms with Crippen LogP contribution >= 0.6 is 0 Å². The number of aromatic nitrogens is 2. The van der Waals surface area contributed by atoms with Crippen LogP contribution in [0.3, 0.4) is 0 Å². The van der Waals surface area contributed by atoms with Gasteiger partial charge in [0.2, 0.25) is 0 Å². The van der Waals surface area contributed by atoms with Crippen molar-refractivity contribution in [3.8, 4) is 0 Å². The lowest BCUT2D eigenvalue weighted by Crippen LogP contribution is -2.14. The van der Waals surface area contributed by atoms with Gasteiger partial charge in [-0.05, 0) is 25.1 Å². The van der Waals surface area contributed by atoms with Crippen LogP contribution in [-0.4, -0.2) is 21.5 Å². The van der Waals surface area contributed by atoms with Crippen LogP contribution in [0, 0.1) is 0 Å². The number of nitrogen functional groups attached to an aromatic ring is 1. The number of hydrogen-bond donors (Lipinski definition) is 2. The highest BCUT2D eigenvalue weighted by atomic mass is 16.1.